The van der Waals surface area contributed by atoms with Crippen LogP contribution >= 0.6 is 0 Å². The normalized spacial score (nSPS) is 19.0. The monoisotopic (exact) mass is 270 g/mol. The third kappa shape index (κ3) is 5.49. The van der Waals surface area contributed by atoms with Gasteiger partial charge in [-0.1, -0.05) is 6.42 Å². The van der Waals surface area contributed by atoms with Crippen LogP contribution in [0, 0.1) is 5.41 Å². The topological polar surface area (TPSA) is 43.8 Å². The number of aliphatic carboxylic acids is 1. The maximum Gasteiger partial charge on any atom is 0.309 e. The van der Waals surface area contributed by atoms with Gasteiger partial charge >= 0.3 is 5.97 Å². The summed E-state index contributed by atoms with van der Waals surface area (Å²) < 4.78 is 0. The van der Waals surface area contributed by atoms with Crippen molar-refractivity contribution in [2.45, 2.75) is 52.0 Å². The molecule has 4 nitrogen and oxygen atoms in total. The van der Waals surface area contributed by atoms with Crippen LogP contribution in [0.25, 0.3) is 0 Å². The maximum atomic E-state index is 11.0. The average Bonchev–Trinajstić information content (AvgIpc) is 2.35. The smallest absolute Gasteiger partial charge is 0.309 e. The van der Waals surface area contributed by atoms with Gasteiger partial charge in [0.1, 0.15) is 0 Å². The Hall–Kier alpha value is -0.610. The molecule has 0 saturated carbocycles. The fourth-order valence-corrected chi connectivity index (χ4v) is 2.65. The average molecular weight is 270 g/mol. The highest BCUT2D eigenvalue weighted by molar-refractivity contribution is 5.73. The molecule has 0 unspecified atom stereocenters. The van der Waals surface area contributed by atoms with E-state index in [1.54, 1.807) is 0 Å². The number of likely N-dealkylation sites (tertiary alicyclic amines) is 1. The second-order valence-electron chi connectivity index (χ2n) is 6.66. The molecule has 0 aromatic carbocycles. The van der Waals surface area contributed by atoms with Crippen LogP contribution in [-0.2, 0) is 4.79 Å². The predicted molar refractivity (Wildman–Crippen MR) is 78.4 cm³/mol. The van der Waals surface area contributed by atoms with Crippen molar-refractivity contribution in [1.29, 1.82) is 0 Å². The molecule has 0 amide bonds. The second kappa shape index (κ2) is 7.25. The quantitative estimate of drug-likeness (QED) is 0.721. The van der Waals surface area contributed by atoms with Crippen molar-refractivity contribution in [2.24, 2.45) is 5.41 Å². The van der Waals surface area contributed by atoms with Crippen LogP contribution in [0.3, 0.4) is 0 Å². The standard InChI is InChI=1S/C15H30N2O2/c1-15(2,14(18)19)9-5-6-10-17(4)13-7-11-16(3)12-8-13/h13H,5-12H2,1-4H3,(H,18,19). The zero-order valence-corrected chi connectivity index (χ0v) is 13.0. The Kier molecular flexibility index (Phi) is 6.27. The first kappa shape index (κ1) is 16.4. The van der Waals surface area contributed by atoms with Gasteiger partial charge < -0.3 is 14.9 Å². The van der Waals surface area contributed by atoms with E-state index in [4.69, 9.17) is 5.11 Å². The molecular formula is C15H30N2O2. The molecule has 4 heteroatoms. The Balaban J connectivity index is 2.17. The predicted octanol–water partition coefficient (Wildman–Crippen LogP) is 2.29. The SMILES string of the molecule is CN1CCC(N(C)CCCCC(C)(C)C(=O)O)CC1. The van der Waals surface area contributed by atoms with Gasteiger partial charge in [0, 0.05) is 6.04 Å². The number of nitrogens with zero attached hydrogens (tertiary/aromatic N) is 2. The molecule has 1 N–H and O–H groups in total. The fourth-order valence-electron chi connectivity index (χ4n) is 2.65. The number of carbonyl (C=O) groups is 1. The number of piperidine rings is 1. The number of hydrogen-bond acceptors (Lipinski definition) is 3. The van der Waals surface area contributed by atoms with Gasteiger partial charge in [0.05, 0.1) is 5.41 Å². The van der Waals surface area contributed by atoms with E-state index in [1.807, 2.05) is 13.8 Å². The van der Waals surface area contributed by atoms with Gasteiger partial charge in [0.2, 0.25) is 0 Å². The maximum absolute atomic E-state index is 11.0. The van der Waals surface area contributed by atoms with Gasteiger partial charge in [-0.2, -0.15) is 0 Å². The highest BCUT2D eigenvalue weighted by atomic mass is 16.4. The van der Waals surface area contributed by atoms with Crippen LogP contribution in [0.5, 0.6) is 0 Å². The lowest BCUT2D eigenvalue weighted by atomic mass is 9.87. The van der Waals surface area contributed by atoms with E-state index in [-0.39, 0.29) is 0 Å². The minimum absolute atomic E-state index is 0.577. The zero-order valence-electron chi connectivity index (χ0n) is 13.0. The van der Waals surface area contributed by atoms with Crippen LogP contribution in [-0.4, -0.2) is 60.6 Å². The summed E-state index contributed by atoms with van der Waals surface area (Å²) >= 11 is 0. The van der Waals surface area contributed by atoms with Crippen LogP contribution in [0.4, 0.5) is 0 Å². The highest BCUT2D eigenvalue weighted by Gasteiger charge is 2.26. The Bertz CT molecular complexity index is 284. The molecular weight excluding hydrogens is 240 g/mol. The van der Waals surface area contributed by atoms with E-state index in [9.17, 15) is 4.79 Å². The summed E-state index contributed by atoms with van der Waals surface area (Å²) in [6.07, 6.45) is 5.38. The lowest BCUT2D eigenvalue weighted by Gasteiger charge is -2.35. The van der Waals surface area contributed by atoms with E-state index < -0.39 is 11.4 Å². The molecule has 0 aromatic rings. The lowest BCUT2D eigenvalue weighted by molar-refractivity contribution is -0.147. The van der Waals surface area contributed by atoms with Gasteiger partial charge in [0.15, 0.2) is 0 Å². The molecule has 0 atom stereocenters. The summed E-state index contributed by atoms with van der Waals surface area (Å²) in [4.78, 5) is 15.9. The number of unbranched alkanes of at least 4 members (excludes halogenated alkanes) is 1. The molecule has 0 aromatic heterocycles. The molecule has 0 spiro atoms. The Morgan fingerprint density at radius 1 is 1.32 bits per heavy atom. The third-order valence-corrected chi connectivity index (χ3v) is 4.45. The van der Waals surface area contributed by atoms with Crippen molar-refractivity contribution in [2.75, 3.05) is 33.7 Å². The molecule has 0 radical (unpaired) electrons. The van der Waals surface area contributed by atoms with Gasteiger partial charge in [-0.3, -0.25) is 4.79 Å². The molecule has 1 aliphatic heterocycles. The molecule has 19 heavy (non-hydrogen) atoms. The molecule has 1 heterocycles. The summed E-state index contributed by atoms with van der Waals surface area (Å²) in [5.74, 6) is -0.684. The number of rotatable bonds is 7. The van der Waals surface area contributed by atoms with Crippen molar-refractivity contribution in [3.05, 3.63) is 0 Å². The Morgan fingerprint density at radius 2 is 1.89 bits per heavy atom. The van der Waals surface area contributed by atoms with Crippen molar-refractivity contribution in [3.8, 4) is 0 Å². The van der Waals surface area contributed by atoms with E-state index in [2.05, 4.69) is 23.9 Å². The van der Waals surface area contributed by atoms with Crippen LogP contribution < -0.4 is 0 Å². The van der Waals surface area contributed by atoms with E-state index in [0.29, 0.717) is 6.04 Å². The van der Waals surface area contributed by atoms with E-state index in [1.165, 1.54) is 25.9 Å². The lowest BCUT2D eigenvalue weighted by Crippen LogP contribution is -2.42. The van der Waals surface area contributed by atoms with Gasteiger partial charge in [0.25, 0.3) is 0 Å². The third-order valence-electron chi connectivity index (χ3n) is 4.45. The molecule has 1 aliphatic rings. The van der Waals surface area contributed by atoms with Gasteiger partial charge in [-0.15, -0.1) is 0 Å². The summed E-state index contributed by atoms with van der Waals surface area (Å²) in [5.41, 5.74) is -0.577. The fraction of sp³-hybridized carbons (Fsp3) is 0.933. The van der Waals surface area contributed by atoms with Crippen LogP contribution in [0.15, 0.2) is 0 Å². The molecule has 1 saturated heterocycles. The molecule has 0 aliphatic carbocycles. The summed E-state index contributed by atoms with van der Waals surface area (Å²) in [5, 5.41) is 9.06. The second-order valence-corrected chi connectivity index (χ2v) is 6.66. The first-order chi connectivity index (χ1) is 8.83. The van der Waals surface area contributed by atoms with Gasteiger partial charge in [-0.05, 0) is 73.3 Å². The molecule has 0 bridgehead atoms. The summed E-state index contributed by atoms with van der Waals surface area (Å²) in [7, 11) is 4.39. The Morgan fingerprint density at radius 3 is 2.42 bits per heavy atom. The first-order valence-corrected chi connectivity index (χ1v) is 7.45. The molecule has 1 rings (SSSR count). The zero-order chi connectivity index (χ0) is 14.5. The van der Waals surface area contributed by atoms with Crippen LogP contribution in [0.1, 0.15) is 46.0 Å². The van der Waals surface area contributed by atoms with Crippen molar-refractivity contribution >= 4 is 5.97 Å². The summed E-state index contributed by atoms with van der Waals surface area (Å²) in [6.45, 7) is 7.11. The minimum atomic E-state index is -0.684. The van der Waals surface area contributed by atoms with Crippen molar-refractivity contribution < 1.29 is 9.90 Å². The van der Waals surface area contributed by atoms with E-state index >= 15 is 0 Å². The first-order valence-electron chi connectivity index (χ1n) is 7.45. The summed E-state index contributed by atoms with van der Waals surface area (Å²) in [6, 6.07) is 0.712. The molecule has 112 valence electrons. The number of carboxylic acid groups (broad SMARTS) is 1. The van der Waals surface area contributed by atoms with E-state index in [0.717, 1.165) is 25.8 Å². The van der Waals surface area contributed by atoms with Crippen molar-refractivity contribution in [3.63, 3.8) is 0 Å². The minimum Gasteiger partial charge on any atom is -0.481 e. The van der Waals surface area contributed by atoms with Crippen molar-refractivity contribution in [1.82, 2.24) is 9.80 Å². The molecule has 1 fully saturated rings. The Labute approximate surface area is 117 Å². The number of carboxylic acids is 1. The van der Waals surface area contributed by atoms with Crippen LogP contribution in [0.2, 0.25) is 0 Å². The highest BCUT2D eigenvalue weighted by Crippen LogP contribution is 2.23. The van der Waals surface area contributed by atoms with Gasteiger partial charge in [-0.25, -0.2) is 0 Å². The number of hydrogen-bond donors (Lipinski definition) is 1. The largest absolute Gasteiger partial charge is 0.481 e.